The molecule has 0 heterocycles. The lowest BCUT2D eigenvalue weighted by Gasteiger charge is -2.30. The topological polar surface area (TPSA) is 96.0 Å². The Morgan fingerprint density at radius 1 is 1.05 bits per heavy atom. The van der Waals surface area contributed by atoms with Crippen LogP contribution in [0.2, 0.25) is 10.0 Å². The predicted molar refractivity (Wildman–Crippen MR) is 153 cm³/mol. The Balaban J connectivity index is 2.18. The van der Waals surface area contributed by atoms with Crippen LogP contribution >= 0.6 is 23.2 Å². The third kappa shape index (κ3) is 9.67. The second-order valence-electron chi connectivity index (χ2n) is 9.44. The highest BCUT2D eigenvalue weighted by Crippen LogP contribution is 2.25. The molecule has 0 aliphatic rings. The molecular formula is C27H37Cl2N3O5S. The maximum atomic E-state index is 13.4. The van der Waals surface area contributed by atoms with Gasteiger partial charge in [0.15, 0.2) is 0 Å². The van der Waals surface area contributed by atoms with Gasteiger partial charge in [0.1, 0.15) is 11.8 Å². The quantitative estimate of drug-likeness (QED) is 0.331. The summed E-state index contributed by atoms with van der Waals surface area (Å²) in [6, 6.07) is 11.0. The van der Waals surface area contributed by atoms with Crippen LogP contribution in [-0.2, 0) is 26.2 Å². The molecule has 38 heavy (non-hydrogen) atoms. The summed E-state index contributed by atoms with van der Waals surface area (Å²) in [5.41, 5.74) is 1.13. The highest BCUT2D eigenvalue weighted by atomic mass is 35.5. The zero-order valence-electron chi connectivity index (χ0n) is 22.5. The second kappa shape index (κ2) is 14.6. The molecule has 1 atom stereocenters. The first kappa shape index (κ1) is 31.7. The van der Waals surface area contributed by atoms with Gasteiger partial charge in [0.25, 0.3) is 0 Å². The smallest absolute Gasteiger partial charge is 0.242 e. The van der Waals surface area contributed by atoms with E-state index in [0.29, 0.717) is 40.2 Å². The first-order chi connectivity index (χ1) is 17.8. The van der Waals surface area contributed by atoms with Crippen molar-refractivity contribution in [1.82, 2.24) is 10.2 Å². The van der Waals surface area contributed by atoms with Gasteiger partial charge in [-0.1, -0.05) is 43.1 Å². The molecule has 210 valence electrons. The fourth-order valence-corrected chi connectivity index (χ4v) is 5.18. The number of ether oxygens (including phenoxy) is 1. The summed E-state index contributed by atoms with van der Waals surface area (Å²) in [5.74, 6) is 0.333. The molecule has 2 amide bonds. The Morgan fingerprint density at radius 3 is 2.26 bits per heavy atom. The van der Waals surface area contributed by atoms with Crippen LogP contribution < -0.4 is 14.4 Å². The van der Waals surface area contributed by atoms with Crippen molar-refractivity contribution in [2.45, 2.75) is 53.1 Å². The summed E-state index contributed by atoms with van der Waals surface area (Å²) in [7, 11) is -3.59. The van der Waals surface area contributed by atoms with Crippen molar-refractivity contribution >= 4 is 50.7 Å². The summed E-state index contributed by atoms with van der Waals surface area (Å²) in [5, 5.41) is 3.73. The van der Waals surface area contributed by atoms with Crippen molar-refractivity contribution in [2.75, 3.05) is 30.3 Å². The summed E-state index contributed by atoms with van der Waals surface area (Å²) >= 11 is 12.4. The Bertz CT molecular complexity index is 1190. The van der Waals surface area contributed by atoms with Crippen molar-refractivity contribution in [1.29, 1.82) is 0 Å². The van der Waals surface area contributed by atoms with Crippen LogP contribution in [0.3, 0.4) is 0 Å². The normalized spacial score (nSPS) is 12.2. The molecule has 8 nitrogen and oxygen atoms in total. The zero-order valence-corrected chi connectivity index (χ0v) is 24.9. The van der Waals surface area contributed by atoms with E-state index < -0.39 is 16.1 Å². The molecule has 1 N–H and O–H groups in total. The lowest BCUT2D eigenvalue weighted by atomic mass is 10.1. The lowest BCUT2D eigenvalue weighted by Crippen LogP contribution is -2.48. The van der Waals surface area contributed by atoms with Crippen LogP contribution in [-0.4, -0.2) is 57.1 Å². The number of anilines is 1. The van der Waals surface area contributed by atoms with E-state index in [4.69, 9.17) is 27.9 Å². The summed E-state index contributed by atoms with van der Waals surface area (Å²) in [6.07, 6.45) is 1.42. The third-order valence-electron chi connectivity index (χ3n) is 5.80. The predicted octanol–water partition coefficient (Wildman–Crippen LogP) is 5.13. The van der Waals surface area contributed by atoms with Gasteiger partial charge < -0.3 is 15.0 Å². The fraction of sp³-hybridized carbons (Fsp3) is 0.481. The van der Waals surface area contributed by atoms with Crippen LogP contribution in [0, 0.1) is 5.92 Å². The van der Waals surface area contributed by atoms with Crippen LogP contribution in [0.15, 0.2) is 42.5 Å². The average Bonchev–Trinajstić information content (AvgIpc) is 2.84. The van der Waals surface area contributed by atoms with Crippen molar-refractivity contribution in [3.05, 3.63) is 58.1 Å². The third-order valence-corrected chi connectivity index (χ3v) is 7.58. The van der Waals surface area contributed by atoms with Gasteiger partial charge in [-0.2, -0.15) is 0 Å². The molecule has 0 aliphatic carbocycles. The number of nitrogens with zero attached hydrogens (tertiary/aromatic N) is 2. The van der Waals surface area contributed by atoms with Crippen LogP contribution in [0.4, 0.5) is 5.69 Å². The molecule has 2 rings (SSSR count). The minimum atomic E-state index is -3.59. The number of nitrogens with one attached hydrogen (secondary N) is 1. The molecule has 2 aromatic carbocycles. The van der Waals surface area contributed by atoms with Crippen LogP contribution in [0.25, 0.3) is 0 Å². The first-order valence-corrected chi connectivity index (χ1v) is 15.2. The Kier molecular flexibility index (Phi) is 12.2. The SMILES string of the molecule is CCOc1ccc(N(CCCC(=O)N(Cc2ccc(Cl)cc2Cl)[C@H](C)C(=O)NCC(C)C)S(C)(=O)=O)cc1. The molecule has 0 aliphatic heterocycles. The van der Waals surface area contributed by atoms with Crippen LogP contribution in [0.1, 0.15) is 46.1 Å². The maximum absolute atomic E-state index is 13.4. The zero-order chi connectivity index (χ0) is 28.5. The molecule has 0 fully saturated rings. The summed E-state index contributed by atoms with van der Waals surface area (Å²) < 4.78 is 31.7. The number of amides is 2. The van der Waals surface area contributed by atoms with Gasteiger partial charge in [-0.05, 0) is 68.1 Å². The molecule has 0 saturated heterocycles. The van der Waals surface area contributed by atoms with Gasteiger partial charge in [-0.3, -0.25) is 13.9 Å². The van der Waals surface area contributed by atoms with Gasteiger partial charge >= 0.3 is 0 Å². The second-order valence-corrected chi connectivity index (χ2v) is 12.2. The van der Waals surface area contributed by atoms with Gasteiger partial charge in [0, 0.05) is 36.1 Å². The first-order valence-electron chi connectivity index (χ1n) is 12.5. The van der Waals surface area contributed by atoms with Gasteiger partial charge in [-0.25, -0.2) is 8.42 Å². The number of hydrogen-bond acceptors (Lipinski definition) is 5. The van der Waals surface area contributed by atoms with Crippen molar-refractivity contribution < 1.29 is 22.7 Å². The maximum Gasteiger partial charge on any atom is 0.242 e. The van der Waals surface area contributed by atoms with Gasteiger partial charge in [0.2, 0.25) is 21.8 Å². The van der Waals surface area contributed by atoms with Gasteiger partial charge in [-0.15, -0.1) is 0 Å². The van der Waals surface area contributed by atoms with E-state index in [1.54, 1.807) is 49.4 Å². The largest absolute Gasteiger partial charge is 0.494 e. The number of sulfonamides is 1. The Hall–Kier alpha value is -2.49. The van der Waals surface area contributed by atoms with Gasteiger partial charge in [0.05, 0.1) is 18.6 Å². The van der Waals surface area contributed by atoms with E-state index >= 15 is 0 Å². The van der Waals surface area contributed by atoms with E-state index in [2.05, 4.69) is 5.32 Å². The molecule has 0 aromatic heterocycles. The molecule has 0 spiro atoms. The summed E-state index contributed by atoms with van der Waals surface area (Å²) in [6.45, 7) is 8.70. The number of benzene rings is 2. The number of carbonyl (C=O) groups excluding carboxylic acids is 2. The molecule has 0 saturated carbocycles. The lowest BCUT2D eigenvalue weighted by molar-refractivity contribution is -0.140. The van der Waals surface area contributed by atoms with E-state index in [1.165, 1.54) is 9.21 Å². The van der Waals surface area contributed by atoms with E-state index in [9.17, 15) is 18.0 Å². The monoisotopic (exact) mass is 585 g/mol. The molecular weight excluding hydrogens is 549 g/mol. The number of carbonyl (C=O) groups is 2. The highest BCUT2D eigenvalue weighted by Gasteiger charge is 2.27. The Morgan fingerprint density at radius 2 is 1.71 bits per heavy atom. The highest BCUT2D eigenvalue weighted by molar-refractivity contribution is 7.92. The van der Waals surface area contributed by atoms with E-state index in [-0.39, 0.29) is 43.7 Å². The Labute approximate surface area is 236 Å². The van der Waals surface area contributed by atoms with Crippen molar-refractivity contribution in [3.63, 3.8) is 0 Å². The number of halogens is 2. The van der Waals surface area contributed by atoms with Crippen LogP contribution in [0.5, 0.6) is 5.75 Å². The fourth-order valence-electron chi connectivity index (χ4n) is 3.75. The van der Waals surface area contributed by atoms with Crippen molar-refractivity contribution in [2.24, 2.45) is 5.92 Å². The molecule has 0 radical (unpaired) electrons. The minimum absolute atomic E-state index is 0.0378. The molecule has 0 bridgehead atoms. The minimum Gasteiger partial charge on any atom is -0.494 e. The number of hydrogen-bond donors (Lipinski definition) is 1. The molecule has 0 unspecified atom stereocenters. The number of rotatable bonds is 14. The standard InChI is InChI=1S/C27H37Cl2N3O5S/c1-6-37-24-13-11-23(12-14-24)32(38(5,35)36)15-7-8-26(33)31(20(4)27(34)30-17-19(2)3)18-21-9-10-22(28)16-25(21)29/h9-14,16,19-20H,6-8,15,17-18H2,1-5H3,(H,30,34)/t20-/m1/s1. The average molecular weight is 587 g/mol. The summed E-state index contributed by atoms with van der Waals surface area (Å²) in [4.78, 5) is 27.7. The van der Waals surface area contributed by atoms with E-state index in [0.717, 1.165) is 6.26 Å². The van der Waals surface area contributed by atoms with Crippen molar-refractivity contribution in [3.8, 4) is 5.75 Å². The molecule has 11 heteroatoms. The van der Waals surface area contributed by atoms with E-state index in [1.807, 2.05) is 20.8 Å². The molecule has 2 aromatic rings.